The highest BCUT2D eigenvalue weighted by Crippen LogP contribution is 2.34. The van der Waals surface area contributed by atoms with E-state index in [2.05, 4.69) is 10.6 Å². The van der Waals surface area contributed by atoms with Gasteiger partial charge in [0.05, 0.1) is 31.4 Å². The molecule has 1 fully saturated rings. The molecule has 0 spiro atoms. The maximum Gasteiger partial charge on any atom is 0.227 e. The molecular formula is C30H33N3O4. The Hall–Kier alpha value is -4.00. The molecule has 7 nitrogen and oxygen atoms in total. The third kappa shape index (κ3) is 5.56. The minimum absolute atomic E-state index is 0.0435. The molecule has 1 aliphatic heterocycles. The van der Waals surface area contributed by atoms with E-state index < -0.39 is 0 Å². The quantitative estimate of drug-likeness (QED) is 0.243. The van der Waals surface area contributed by atoms with Gasteiger partial charge >= 0.3 is 0 Å². The zero-order valence-corrected chi connectivity index (χ0v) is 21.4. The summed E-state index contributed by atoms with van der Waals surface area (Å²) in [4.78, 5) is 19.9. The smallest absolute Gasteiger partial charge is 0.227 e. The second kappa shape index (κ2) is 11.4. The summed E-state index contributed by atoms with van der Waals surface area (Å²) in [5, 5.41) is 0. The van der Waals surface area contributed by atoms with Crippen molar-refractivity contribution in [3.63, 3.8) is 0 Å². The number of ether oxygens (including phenoxy) is 3. The van der Waals surface area contributed by atoms with Crippen molar-refractivity contribution < 1.29 is 19.0 Å². The maximum atomic E-state index is 13.0. The molecule has 0 N–H and O–H groups in total. The van der Waals surface area contributed by atoms with Crippen LogP contribution >= 0.6 is 0 Å². The van der Waals surface area contributed by atoms with Crippen LogP contribution in [0.25, 0.3) is 11.0 Å². The van der Waals surface area contributed by atoms with Gasteiger partial charge in [-0.25, -0.2) is 4.98 Å². The Labute approximate surface area is 217 Å². The number of anilines is 1. The summed E-state index contributed by atoms with van der Waals surface area (Å²) < 4.78 is 18.9. The van der Waals surface area contributed by atoms with E-state index in [4.69, 9.17) is 19.2 Å². The average Bonchev–Trinajstić information content (AvgIpc) is 3.50. The third-order valence-electron chi connectivity index (χ3n) is 6.74. The molecule has 0 bridgehead atoms. The van der Waals surface area contributed by atoms with Gasteiger partial charge in [0.2, 0.25) is 5.91 Å². The van der Waals surface area contributed by atoms with Crippen LogP contribution in [-0.2, 0) is 11.3 Å². The summed E-state index contributed by atoms with van der Waals surface area (Å²) in [6, 6.07) is 23.6. The van der Waals surface area contributed by atoms with E-state index in [0.717, 1.165) is 59.2 Å². The SMILES string of the molecule is CCOc1ccc(N2C[C@H](c3nc4ccccc4n3CCCCOc3ccc(OC)cc3)CC2=O)cc1. The number of unbranched alkanes of at least 4 members (excludes halogenated alkanes) is 1. The average molecular weight is 500 g/mol. The standard InChI is InChI=1S/C30H33N3O4/c1-3-36-25-12-10-23(11-13-25)33-21-22(20-29(33)34)30-31-27-8-4-5-9-28(27)32(30)18-6-7-19-37-26-16-14-24(35-2)15-17-26/h4-5,8-17,22H,3,6-7,18-21H2,1-2H3/t22-/m1/s1. The molecule has 0 aliphatic carbocycles. The molecule has 0 unspecified atom stereocenters. The van der Waals surface area contributed by atoms with E-state index in [9.17, 15) is 4.79 Å². The number of carbonyl (C=O) groups is 1. The number of para-hydroxylation sites is 2. The normalized spacial score (nSPS) is 15.4. The summed E-state index contributed by atoms with van der Waals surface area (Å²) in [7, 11) is 1.66. The fraction of sp³-hybridized carbons (Fsp3) is 0.333. The number of benzene rings is 3. The van der Waals surface area contributed by atoms with Gasteiger partial charge in [-0.1, -0.05) is 12.1 Å². The number of hydrogen-bond donors (Lipinski definition) is 0. The second-order valence-electron chi connectivity index (χ2n) is 9.17. The summed E-state index contributed by atoms with van der Waals surface area (Å²) >= 11 is 0. The second-order valence-corrected chi connectivity index (χ2v) is 9.17. The molecule has 5 rings (SSSR count). The minimum atomic E-state index is 0.0435. The first-order valence-corrected chi connectivity index (χ1v) is 12.9. The molecule has 4 aromatic rings. The van der Waals surface area contributed by atoms with Crippen LogP contribution in [0, 0.1) is 0 Å². The topological polar surface area (TPSA) is 65.8 Å². The zero-order valence-electron chi connectivity index (χ0n) is 21.4. The van der Waals surface area contributed by atoms with E-state index in [1.54, 1.807) is 7.11 Å². The molecule has 7 heteroatoms. The van der Waals surface area contributed by atoms with Crippen LogP contribution in [0.15, 0.2) is 72.8 Å². The number of fused-ring (bicyclic) bond motifs is 1. The summed E-state index contributed by atoms with van der Waals surface area (Å²) in [5.74, 6) is 3.63. The number of carbonyl (C=O) groups excluding carboxylic acids is 1. The van der Waals surface area contributed by atoms with Crippen LogP contribution in [-0.4, -0.2) is 42.3 Å². The van der Waals surface area contributed by atoms with Crippen LogP contribution in [0.4, 0.5) is 5.69 Å². The number of hydrogen-bond acceptors (Lipinski definition) is 5. The summed E-state index contributed by atoms with van der Waals surface area (Å²) in [6.07, 6.45) is 2.32. The lowest BCUT2D eigenvalue weighted by Crippen LogP contribution is -2.24. The van der Waals surface area contributed by atoms with Gasteiger partial charge in [-0.15, -0.1) is 0 Å². The van der Waals surface area contributed by atoms with Crippen LogP contribution in [0.1, 0.15) is 37.9 Å². The van der Waals surface area contributed by atoms with Crippen LogP contribution in [0.3, 0.4) is 0 Å². The number of imidazole rings is 1. The van der Waals surface area contributed by atoms with Crippen molar-refractivity contribution in [1.29, 1.82) is 0 Å². The molecule has 1 atom stereocenters. The first kappa shape index (κ1) is 24.7. The molecule has 1 saturated heterocycles. The van der Waals surface area contributed by atoms with E-state index in [0.29, 0.717) is 26.2 Å². The third-order valence-corrected chi connectivity index (χ3v) is 6.74. The highest BCUT2D eigenvalue weighted by atomic mass is 16.5. The maximum absolute atomic E-state index is 13.0. The molecule has 192 valence electrons. The van der Waals surface area contributed by atoms with Crippen molar-refractivity contribution in [3.8, 4) is 17.2 Å². The van der Waals surface area contributed by atoms with E-state index in [1.165, 1.54) is 0 Å². The molecule has 1 aliphatic rings. The van der Waals surface area contributed by atoms with Gasteiger partial charge in [-0.2, -0.15) is 0 Å². The van der Waals surface area contributed by atoms with Crippen LogP contribution in [0.2, 0.25) is 0 Å². The van der Waals surface area contributed by atoms with Gasteiger partial charge < -0.3 is 23.7 Å². The van der Waals surface area contributed by atoms with Gasteiger partial charge in [-0.05, 0) is 80.4 Å². The summed E-state index contributed by atoms with van der Waals surface area (Å²) in [6.45, 7) is 4.67. The largest absolute Gasteiger partial charge is 0.497 e. The number of aryl methyl sites for hydroxylation is 1. The van der Waals surface area contributed by atoms with E-state index >= 15 is 0 Å². The van der Waals surface area contributed by atoms with Crippen molar-refractivity contribution >= 4 is 22.6 Å². The van der Waals surface area contributed by atoms with E-state index in [1.807, 2.05) is 78.6 Å². The highest BCUT2D eigenvalue weighted by molar-refractivity contribution is 5.96. The lowest BCUT2D eigenvalue weighted by molar-refractivity contribution is -0.117. The number of rotatable bonds is 11. The molecule has 0 radical (unpaired) electrons. The predicted molar refractivity (Wildman–Crippen MR) is 145 cm³/mol. The first-order chi connectivity index (χ1) is 18.2. The predicted octanol–water partition coefficient (Wildman–Crippen LogP) is 5.82. The number of aromatic nitrogens is 2. The lowest BCUT2D eigenvalue weighted by atomic mass is 10.1. The lowest BCUT2D eigenvalue weighted by Gasteiger charge is -2.18. The van der Waals surface area contributed by atoms with Crippen LogP contribution in [0.5, 0.6) is 17.2 Å². The Morgan fingerprint density at radius 2 is 1.59 bits per heavy atom. The first-order valence-electron chi connectivity index (χ1n) is 12.9. The van der Waals surface area contributed by atoms with Crippen molar-refractivity contribution in [2.75, 3.05) is 31.8 Å². The Morgan fingerprint density at radius 3 is 2.35 bits per heavy atom. The molecule has 0 saturated carbocycles. The van der Waals surface area contributed by atoms with Gasteiger partial charge in [0.25, 0.3) is 0 Å². The molecule has 2 heterocycles. The Kier molecular flexibility index (Phi) is 7.59. The fourth-order valence-electron chi connectivity index (χ4n) is 4.89. The Morgan fingerprint density at radius 1 is 0.892 bits per heavy atom. The molecule has 1 aromatic heterocycles. The van der Waals surface area contributed by atoms with Crippen molar-refractivity contribution in [2.24, 2.45) is 0 Å². The van der Waals surface area contributed by atoms with Crippen molar-refractivity contribution in [3.05, 3.63) is 78.6 Å². The van der Waals surface area contributed by atoms with E-state index in [-0.39, 0.29) is 11.8 Å². The zero-order chi connectivity index (χ0) is 25.6. The van der Waals surface area contributed by atoms with Gasteiger partial charge in [-0.3, -0.25) is 4.79 Å². The Bertz CT molecular complexity index is 1330. The highest BCUT2D eigenvalue weighted by Gasteiger charge is 2.34. The fourth-order valence-corrected chi connectivity index (χ4v) is 4.89. The van der Waals surface area contributed by atoms with Gasteiger partial charge in [0, 0.05) is 31.1 Å². The molecule has 3 aromatic carbocycles. The number of methoxy groups -OCH3 is 1. The monoisotopic (exact) mass is 499 g/mol. The summed E-state index contributed by atoms with van der Waals surface area (Å²) in [5.41, 5.74) is 2.98. The molecular weight excluding hydrogens is 466 g/mol. The van der Waals surface area contributed by atoms with Crippen molar-refractivity contribution in [2.45, 2.75) is 38.6 Å². The molecule has 1 amide bonds. The number of nitrogens with zero attached hydrogens (tertiary/aromatic N) is 3. The van der Waals surface area contributed by atoms with Crippen molar-refractivity contribution in [1.82, 2.24) is 9.55 Å². The van der Waals surface area contributed by atoms with Crippen LogP contribution < -0.4 is 19.1 Å². The van der Waals surface area contributed by atoms with Gasteiger partial charge in [0.15, 0.2) is 0 Å². The van der Waals surface area contributed by atoms with Gasteiger partial charge in [0.1, 0.15) is 23.1 Å². The minimum Gasteiger partial charge on any atom is -0.497 e. The molecule has 37 heavy (non-hydrogen) atoms. The number of amides is 1. The Balaban J connectivity index is 1.25.